The molecular formula is C18H26N4O2S. The lowest BCUT2D eigenvalue weighted by Crippen LogP contribution is -2.38. The average molecular weight is 362 g/mol. The lowest BCUT2D eigenvalue weighted by molar-refractivity contribution is 0.0168. The molecule has 1 aliphatic heterocycles. The fraction of sp³-hybridized carbons (Fsp3) is 0.667. The highest BCUT2D eigenvalue weighted by Crippen LogP contribution is 2.37. The van der Waals surface area contributed by atoms with E-state index in [9.17, 15) is 5.11 Å². The molecule has 0 aromatic carbocycles. The Balaban J connectivity index is 1.49. The standard InChI is InChI=1S/C18H26N4O2S/c19-17-16-12-3-1-2-4-14(12)25-18(16)21-15(20-17)9-22-7-5-11(6-8-22)13(24)10-23/h11,13,23-24H,1-10H2,(H2,19,20,21). The molecule has 1 saturated heterocycles. The maximum atomic E-state index is 9.79. The van der Waals surface area contributed by atoms with Gasteiger partial charge in [-0.25, -0.2) is 9.97 Å². The van der Waals surface area contributed by atoms with Crippen LogP contribution < -0.4 is 5.73 Å². The third kappa shape index (κ3) is 3.38. The van der Waals surface area contributed by atoms with Crippen molar-refractivity contribution in [1.29, 1.82) is 0 Å². The number of rotatable bonds is 4. The fourth-order valence-electron chi connectivity index (χ4n) is 4.15. The molecule has 0 radical (unpaired) electrons. The first-order valence-electron chi connectivity index (χ1n) is 9.23. The summed E-state index contributed by atoms with van der Waals surface area (Å²) >= 11 is 1.79. The van der Waals surface area contributed by atoms with Crippen molar-refractivity contribution in [2.45, 2.75) is 51.2 Å². The van der Waals surface area contributed by atoms with Gasteiger partial charge >= 0.3 is 0 Å². The molecule has 4 rings (SSSR count). The van der Waals surface area contributed by atoms with E-state index >= 15 is 0 Å². The molecule has 3 heterocycles. The van der Waals surface area contributed by atoms with Gasteiger partial charge in [0.2, 0.25) is 0 Å². The molecule has 1 unspecified atom stereocenters. The van der Waals surface area contributed by atoms with Crippen LogP contribution in [0.1, 0.15) is 41.9 Å². The summed E-state index contributed by atoms with van der Waals surface area (Å²) in [6.07, 6.45) is 5.93. The van der Waals surface area contributed by atoms with E-state index in [4.69, 9.17) is 15.8 Å². The van der Waals surface area contributed by atoms with Crippen LogP contribution in [0.4, 0.5) is 5.82 Å². The maximum Gasteiger partial charge on any atom is 0.146 e. The summed E-state index contributed by atoms with van der Waals surface area (Å²) in [5.41, 5.74) is 7.67. The number of aliphatic hydroxyl groups excluding tert-OH is 2. The highest BCUT2D eigenvalue weighted by molar-refractivity contribution is 7.19. The van der Waals surface area contributed by atoms with Crippen LogP contribution in [-0.2, 0) is 19.4 Å². The van der Waals surface area contributed by atoms with Gasteiger partial charge in [-0.2, -0.15) is 0 Å². The molecule has 2 aromatic rings. The number of hydrogen-bond donors (Lipinski definition) is 3. The van der Waals surface area contributed by atoms with Crippen molar-refractivity contribution in [3.63, 3.8) is 0 Å². The Labute approximate surface area is 151 Å². The van der Waals surface area contributed by atoms with Gasteiger partial charge < -0.3 is 15.9 Å². The molecule has 136 valence electrons. The van der Waals surface area contributed by atoms with Crippen molar-refractivity contribution < 1.29 is 10.2 Å². The number of likely N-dealkylation sites (tertiary alicyclic amines) is 1. The van der Waals surface area contributed by atoms with E-state index in [-0.39, 0.29) is 12.5 Å². The molecule has 0 spiro atoms. The number of nitrogens with two attached hydrogens (primary N) is 1. The molecule has 1 aliphatic carbocycles. The predicted molar refractivity (Wildman–Crippen MR) is 99.6 cm³/mol. The number of thiophene rings is 1. The van der Waals surface area contributed by atoms with Gasteiger partial charge in [-0.1, -0.05) is 0 Å². The Morgan fingerprint density at radius 2 is 1.96 bits per heavy atom. The number of aromatic nitrogens is 2. The van der Waals surface area contributed by atoms with Crippen LogP contribution in [0.5, 0.6) is 0 Å². The fourth-order valence-corrected chi connectivity index (χ4v) is 5.44. The molecule has 6 nitrogen and oxygen atoms in total. The van der Waals surface area contributed by atoms with Gasteiger partial charge in [-0.05, 0) is 63.1 Å². The van der Waals surface area contributed by atoms with Crippen LogP contribution in [0.15, 0.2) is 0 Å². The minimum Gasteiger partial charge on any atom is -0.394 e. The number of nitrogen functional groups attached to an aromatic ring is 1. The molecule has 0 saturated carbocycles. The Bertz CT molecular complexity index is 755. The number of anilines is 1. The first-order chi connectivity index (χ1) is 12.2. The third-order valence-corrected chi connectivity index (χ3v) is 6.80. The number of fused-ring (bicyclic) bond motifs is 3. The third-order valence-electron chi connectivity index (χ3n) is 5.62. The van der Waals surface area contributed by atoms with Crippen molar-refractivity contribution in [2.24, 2.45) is 5.92 Å². The van der Waals surface area contributed by atoms with E-state index in [1.807, 2.05) is 0 Å². The van der Waals surface area contributed by atoms with E-state index in [1.54, 1.807) is 11.3 Å². The van der Waals surface area contributed by atoms with Gasteiger partial charge in [-0.15, -0.1) is 11.3 Å². The topological polar surface area (TPSA) is 95.5 Å². The first-order valence-corrected chi connectivity index (χ1v) is 10.0. The molecule has 1 atom stereocenters. The van der Waals surface area contributed by atoms with Crippen LogP contribution in [0.25, 0.3) is 10.2 Å². The lowest BCUT2D eigenvalue weighted by Gasteiger charge is -2.33. The second-order valence-corrected chi connectivity index (χ2v) is 8.36. The van der Waals surface area contributed by atoms with E-state index in [1.165, 1.54) is 23.3 Å². The smallest absolute Gasteiger partial charge is 0.146 e. The summed E-state index contributed by atoms with van der Waals surface area (Å²) in [5.74, 6) is 1.62. The van der Waals surface area contributed by atoms with Crippen molar-refractivity contribution in [3.8, 4) is 0 Å². The molecule has 25 heavy (non-hydrogen) atoms. The summed E-state index contributed by atoms with van der Waals surface area (Å²) in [7, 11) is 0. The van der Waals surface area contributed by atoms with Crippen LogP contribution in [0.3, 0.4) is 0 Å². The SMILES string of the molecule is Nc1nc(CN2CCC(C(O)CO)CC2)nc2sc3c(c12)CCCC3. The van der Waals surface area contributed by atoms with Gasteiger partial charge in [0.25, 0.3) is 0 Å². The number of piperidine rings is 1. The minimum atomic E-state index is -0.595. The minimum absolute atomic E-state index is 0.149. The summed E-state index contributed by atoms with van der Waals surface area (Å²) in [4.78, 5) is 14.2. The largest absolute Gasteiger partial charge is 0.394 e. The zero-order chi connectivity index (χ0) is 17.4. The van der Waals surface area contributed by atoms with Gasteiger partial charge in [0.15, 0.2) is 0 Å². The van der Waals surface area contributed by atoms with Crippen molar-refractivity contribution in [3.05, 3.63) is 16.3 Å². The maximum absolute atomic E-state index is 9.79. The zero-order valence-corrected chi connectivity index (χ0v) is 15.3. The molecular weight excluding hydrogens is 336 g/mol. The number of aliphatic hydroxyl groups is 2. The Morgan fingerprint density at radius 3 is 2.72 bits per heavy atom. The quantitative estimate of drug-likeness (QED) is 0.766. The summed E-state index contributed by atoms with van der Waals surface area (Å²) in [5, 5.41) is 20.0. The summed E-state index contributed by atoms with van der Waals surface area (Å²) < 4.78 is 0. The highest BCUT2D eigenvalue weighted by Gasteiger charge is 2.26. The second kappa shape index (κ2) is 7.15. The van der Waals surface area contributed by atoms with Crippen LogP contribution in [0, 0.1) is 5.92 Å². The Kier molecular flexibility index (Phi) is 4.90. The second-order valence-electron chi connectivity index (χ2n) is 7.28. The van der Waals surface area contributed by atoms with E-state index in [0.717, 1.165) is 54.8 Å². The lowest BCUT2D eigenvalue weighted by atomic mass is 9.91. The Morgan fingerprint density at radius 1 is 1.20 bits per heavy atom. The van der Waals surface area contributed by atoms with Gasteiger partial charge in [0, 0.05) is 4.88 Å². The van der Waals surface area contributed by atoms with Crippen LogP contribution in [0.2, 0.25) is 0 Å². The van der Waals surface area contributed by atoms with Crippen LogP contribution in [-0.4, -0.2) is 50.9 Å². The monoisotopic (exact) mass is 362 g/mol. The summed E-state index contributed by atoms with van der Waals surface area (Å²) in [6.45, 7) is 2.34. The van der Waals surface area contributed by atoms with Crippen molar-refractivity contribution in [2.75, 3.05) is 25.4 Å². The van der Waals surface area contributed by atoms with E-state index < -0.39 is 6.10 Å². The van der Waals surface area contributed by atoms with Crippen molar-refractivity contribution >= 4 is 27.4 Å². The van der Waals surface area contributed by atoms with Gasteiger partial charge in [0.1, 0.15) is 16.5 Å². The molecule has 4 N–H and O–H groups in total. The molecule has 0 bridgehead atoms. The molecule has 2 aliphatic rings. The normalized spacial score (nSPS) is 20.7. The van der Waals surface area contributed by atoms with Gasteiger partial charge in [-0.3, -0.25) is 4.90 Å². The number of aryl methyl sites for hydroxylation is 2. The first kappa shape index (κ1) is 17.1. The Hall–Kier alpha value is -1.28. The summed E-state index contributed by atoms with van der Waals surface area (Å²) in [6, 6.07) is 0. The average Bonchev–Trinajstić information content (AvgIpc) is 3.00. The predicted octanol–water partition coefficient (Wildman–Crippen LogP) is 1.72. The van der Waals surface area contributed by atoms with E-state index in [2.05, 4.69) is 9.88 Å². The molecule has 0 amide bonds. The number of nitrogens with zero attached hydrogens (tertiary/aromatic N) is 3. The van der Waals surface area contributed by atoms with Gasteiger partial charge in [0.05, 0.1) is 24.6 Å². The van der Waals surface area contributed by atoms with Crippen molar-refractivity contribution in [1.82, 2.24) is 14.9 Å². The van der Waals surface area contributed by atoms with Crippen LogP contribution >= 0.6 is 11.3 Å². The zero-order valence-electron chi connectivity index (χ0n) is 14.4. The van der Waals surface area contributed by atoms with E-state index in [0.29, 0.717) is 12.4 Å². The molecule has 7 heteroatoms. The highest BCUT2D eigenvalue weighted by atomic mass is 32.1. The molecule has 2 aromatic heterocycles. The number of hydrogen-bond acceptors (Lipinski definition) is 7. The molecule has 1 fully saturated rings.